The molecule has 1 saturated carbocycles. The predicted molar refractivity (Wildman–Crippen MR) is 84.6 cm³/mol. The molecule has 4 heteroatoms. The van der Waals surface area contributed by atoms with E-state index in [2.05, 4.69) is 31.0 Å². The summed E-state index contributed by atoms with van der Waals surface area (Å²) in [6.45, 7) is 8.56. The summed E-state index contributed by atoms with van der Waals surface area (Å²) in [6, 6.07) is 0.404. The first-order valence-electron chi connectivity index (χ1n) is 8.36. The maximum atomic E-state index is 12.3. The van der Waals surface area contributed by atoms with Crippen molar-refractivity contribution < 1.29 is 4.79 Å². The van der Waals surface area contributed by atoms with Gasteiger partial charge in [0.25, 0.3) is 0 Å². The summed E-state index contributed by atoms with van der Waals surface area (Å²) in [5, 5.41) is 3.19. The first-order valence-corrected chi connectivity index (χ1v) is 8.36. The number of nitrogens with zero attached hydrogens (tertiary/aromatic N) is 1. The molecule has 1 aliphatic rings. The quantitative estimate of drug-likeness (QED) is 0.682. The van der Waals surface area contributed by atoms with E-state index in [-0.39, 0.29) is 11.4 Å². The van der Waals surface area contributed by atoms with Crippen molar-refractivity contribution in [2.75, 3.05) is 19.6 Å². The largest absolute Gasteiger partial charge is 0.352 e. The van der Waals surface area contributed by atoms with E-state index in [1.54, 1.807) is 0 Å². The van der Waals surface area contributed by atoms with E-state index in [1.165, 1.54) is 12.8 Å². The van der Waals surface area contributed by atoms with E-state index in [0.717, 1.165) is 38.6 Å². The van der Waals surface area contributed by atoms with Crippen molar-refractivity contribution in [3.8, 4) is 0 Å². The van der Waals surface area contributed by atoms with Gasteiger partial charge in [-0.3, -0.25) is 9.69 Å². The van der Waals surface area contributed by atoms with Crippen molar-refractivity contribution in [1.29, 1.82) is 0 Å². The lowest BCUT2D eigenvalue weighted by molar-refractivity contribution is -0.124. The van der Waals surface area contributed by atoms with Crippen LogP contribution in [0.15, 0.2) is 0 Å². The Morgan fingerprint density at radius 3 is 2.30 bits per heavy atom. The smallest absolute Gasteiger partial charge is 0.234 e. The highest BCUT2D eigenvalue weighted by Gasteiger charge is 2.33. The number of hydrogen-bond acceptors (Lipinski definition) is 3. The van der Waals surface area contributed by atoms with Gasteiger partial charge in [0.1, 0.15) is 0 Å². The second kappa shape index (κ2) is 8.63. The van der Waals surface area contributed by atoms with E-state index < -0.39 is 0 Å². The Balaban J connectivity index is 2.62. The molecular weight excluding hydrogens is 250 g/mol. The molecule has 0 saturated heterocycles. The standard InChI is InChI=1S/C16H33N3O/c1-4-11-19(16(5-2,6-3)13-17)12-15(20)18-14-9-7-8-10-14/h14H,4-13,17H2,1-3H3,(H,18,20). The van der Waals surface area contributed by atoms with E-state index in [4.69, 9.17) is 5.73 Å². The molecule has 118 valence electrons. The topological polar surface area (TPSA) is 58.4 Å². The van der Waals surface area contributed by atoms with Crippen molar-refractivity contribution >= 4 is 5.91 Å². The fourth-order valence-electron chi connectivity index (χ4n) is 3.39. The minimum Gasteiger partial charge on any atom is -0.352 e. The molecular formula is C16H33N3O. The van der Waals surface area contributed by atoms with Crippen molar-refractivity contribution in [2.24, 2.45) is 5.73 Å². The maximum absolute atomic E-state index is 12.3. The molecule has 0 aromatic carbocycles. The van der Waals surface area contributed by atoms with Gasteiger partial charge < -0.3 is 11.1 Å². The maximum Gasteiger partial charge on any atom is 0.234 e. The highest BCUT2D eigenvalue weighted by molar-refractivity contribution is 5.78. The SMILES string of the molecule is CCCN(CC(=O)NC1CCCC1)C(CC)(CC)CN. The van der Waals surface area contributed by atoms with Crippen LogP contribution < -0.4 is 11.1 Å². The van der Waals surface area contributed by atoms with Crippen molar-refractivity contribution in [3.63, 3.8) is 0 Å². The summed E-state index contributed by atoms with van der Waals surface area (Å²) in [5.41, 5.74) is 6.00. The van der Waals surface area contributed by atoms with Crippen molar-refractivity contribution in [2.45, 2.75) is 77.3 Å². The second-order valence-corrected chi connectivity index (χ2v) is 6.11. The molecule has 1 fully saturated rings. The van der Waals surface area contributed by atoms with Crippen LogP contribution in [0.3, 0.4) is 0 Å². The summed E-state index contributed by atoms with van der Waals surface area (Å²) in [6.07, 6.45) is 7.83. The summed E-state index contributed by atoms with van der Waals surface area (Å²) in [5.74, 6) is 0.171. The van der Waals surface area contributed by atoms with Gasteiger partial charge in [0.2, 0.25) is 5.91 Å². The van der Waals surface area contributed by atoms with Crippen LogP contribution in [-0.4, -0.2) is 42.0 Å². The third-order valence-corrected chi connectivity index (χ3v) is 4.92. The number of rotatable bonds is 9. The highest BCUT2D eigenvalue weighted by atomic mass is 16.2. The summed E-state index contributed by atoms with van der Waals surface area (Å²) >= 11 is 0. The molecule has 1 rings (SSSR count). The van der Waals surface area contributed by atoms with Gasteiger partial charge in [-0.1, -0.05) is 33.6 Å². The number of amides is 1. The zero-order chi connectivity index (χ0) is 15.0. The van der Waals surface area contributed by atoms with Crippen LogP contribution in [0.25, 0.3) is 0 Å². The number of nitrogens with two attached hydrogens (primary N) is 1. The van der Waals surface area contributed by atoms with Crippen LogP contribution in [-0.2, 0) is 4.79 Å². The minimum atomic E-state index is -0.0248. The predicted octanol–water partition coefficient (Wildman–Crippen LogP) is 2.27. The second-order valence-electron chi connectivity index (χ2n) is 6.11. The third kappa shape index (κ3) is 4.45. The van der Waals surface area contributed by atoms with Crippen LogP contribution in [0.1, 0.15) is 65.7 Å². The molecule has 0 unspecified atom stereocenters. The normalized spacial score (nSPS) is 16.9. The first kappa shape index (κ1) is 17.4. The first-order chi connectivity index (χ1) is 9.61. The molecule has 0 atom stereocenters. The molecule has 0 bridgehead atoms. The third-order valence-electron chi connectivity index (χ3n) is 4.92. The van der Waals surface area contributed by atoms with Crippen LogP contribution >= 0.6 is 0 Å². The van der Waals surface area contributed by atoms with E-state index in [1.807, 2.05) is 0 Å². The Bertz CT molecular complexity index is 275. The molecule has 0 aliphatic heterocycles. The zero-order valence-electron chi connectivity index (χ0n) is 13.6. The van der Waals surface area contributed by atoms with Crippen LogP contribution in [0.4, 0.5) is 0 Å². The molecule has 1 amide bonds. The van der Waals surface area contributed by atoms with E-state index in [9.17, 15) is 4.79 Å². The average Bonchev–Trinajstić information content (AvgIpc) is 2.94. The van der Waals surface area contributed by atoms with Gasteiger partial charge in [0, 0.05) is 18.1 Å². The molecule has 1 aliphatic carbocycles. The lowest BCUT2D eigenvalue weighted by atomic mass is 9.90. The molecule has 0 heterocycles. The van der Waals surface area contributed by atoms with Gasteiger partial charge in [-0.05, 0) is 38.6 Å². The fraction of sp³-hybridized carbons (Fsp3) is 0.938. The number of carbonyl (C=O) groups excluding carboxylic acids is 1. The molecule has 4 nitrogen and oxygen atoms in total. The number of nitrogens with one attached hydrogen (secondary N) is 1. The Kier molecular flexibility index (Phi) is 7.52. The lowest BCUT2D eigenvalue weighted by Gasteiger charge is -2.42. The number of hydrogen-bond donors (Lipinski definition) is 2. The molecule has 3 N–H and O–H groups in total. The van der Waals surface area contributed by atoms with Gasteiger partial charge in [-0.15, -0.1) is 0 Å². The molecule has 0 aromatic rings. The Morgan fingerprint density at radius 1 is 1.25 bits per heavy atom. The van der Waals surface area contributed by atoms with E-state index in [0.29, 0.717) is 19.1 Å². The molecule has 0 aromatic heterocycles. The fourth-order valence-corrected chi connectivity index (χ4v) is 3.39. The van der Waals surface area contributed by atoms with E-state index >= 15 is 0 Å². The van der Waals surface area contributed by atoms with Gasteiger partial charge in [0.05, 0.1) is 6.54 Å². The van der Waals surface area contributed by atoms with Gasteiger partial charge in [-0.25, -0.2) is 0 Å². The van der Waals surface area contributed by atoms with Gasteiger partial charge >= 0.3 is 0 Å². The Morgan fingerprint density at radius 2 is 1.85 bits per heavy atom. The monoisotopic (exact) mass is 283 g/mol. The van der Waals surface area contributed by atoms with Gasteiger partial charge in [0.15, 0.2) is 0 Å². The molecule has 0 radical (unpaired) electrons. The lowest BCUT2D eigenvalue weighted by Crippen LogP contribution is -2.56. The van der Waals surface area contributed by atoms with Crippen LogP contribution in [0.5, 0.6) is 0 Å². The van der Waals surface area contributed by atoms with Crippen molar-refractivity contribution in [3.05, 3.63) is 0 Å². The minimum absolute atomic E-state index is 0.0248. The van der Waals surface area contributed by atoms with Gasteiger partial charge in [-0.2, -0.15) is 0 Å². The summed E-state index contributed by atoms with van der Waals surface area (Å²) in [4.78, 5) is 14.6. The average molecular weight is 283 g/mol. The number of carbonyl (C=O) groups is 1. The Labute approximate surface area is 124 Å². The zero-order valence-corrected chi connectivity index (χ0v) is 13.6. The highest BCUT2D eigenvalue weighted by Crippen LogP contribution is 2.23. The molecule has 0 spiro atoms. The van der Waals surface area contributed by atoms with Crippen LogP contribution in [0.2, 0.25) is 0 Å². The molecule has 20 heavy (non-hydrogen) atoms. The van der Waals surface area contributed by atoms with Crippen molar-refractivity contribution in [1.82, 2.24) is 10.2 Å². The Hall–Kier alpha value is -0.610. The summed E-state index contributed by atoms with van der Waals surface area (Å²) in [7, 11) is 0. The van der Waals surface area contributed by atoms with Crippen LogP contribution in [0, 0.1) is 0 Å². The summed E-state index contributed by atoms with van der Waals surface area (Å²) < 4.78 is 0.